The summed E-state index contributed by atoms with van der Waals surface area (Å²) in [4.78, 5) is 11.8. The van der Waals surface area contributed by atoms with E-state index in [9.17, 15) is 4.79 Å². The van der Waals surface area contributed by atoms with E-state index in [2.05, 4.69) is 45.2 Å². The van der Waals surface area contributed by atoms with E-state index in [-0.39, 0.29) is 11.4 Å². The molecule has 0 saturated carbocycles. The minimum absolute atomic E-state index is 0.0566. The van der Waals surface area contributed by atoms with Crippen LogP contribution in [0.2, 0.25) is 0 Å². The SMILES string of the molecule is CCCCCCCC/C=C\CCCCCCCC(=O)NC(C)(C)CC. The van der Waals surface area contributed by atoms with Gasteiger partial charge in [0.15, 0.2) is 0 Å². The van der Waals surface area contributed by atoms with Crippen LogP contribution in [0.5, 0.6) is 0 Å². The summed E-state index contributed by atoms with van der Waals surface area (Å²) in [5.74, 6) is 0.212. The first kappa shape index (κ1) is 24.2. The Bertz CT molecular complexity index is 333. The molecule has 0 aliphatic rings. The fourth-order valence-corrected chi connectivity index (χ4v) is 2.88. The van der Waals surface area contributed by atoms with Crippen LogP contribution in [0, 0.1) is 0 Å². The Labute approximate surface area is 158 Å². The molecule has 1 amide bonds. The number of carbonyl (C=O) groups excluding carboxylic acids is 1. The second-order valence-electron chi connectivity index (χ2n) is 8.12. The van der Waals surface area contributed by atoms with E-state index < -0.39 is 0 Å². The molecule has 0 atom stereocenters. The highest BCUT2D eigenvalue weighted by molar-refractivity contribution is 5.76. The van der Waals surface area contributed by atoms with Gasteiger partial charge >= 0.3 is 0 Å². The Morgan fingerprint density at radius 2 is 1.24 bits per heavy atom. The van der Waals surface area contributed by atoms with Gasteiger partial charge in [-0.15, -0.1) is 0 Å². The second-order valence-corrected chi connectivity index (χ2v) is 8.12. The van der Waals surface area contributed by atoms with E-state index in [1.807, 2.05) is 0 Å². The number of amides is 1. The molecule has 0 bridgehead atoms. The van der Waals surface area contributed by atoms with Crippen molar-refractivity contribution in [3.05, 3.63) is 12.2 Å². The highest BCUT2D eigenvalue weighted by atomic mass is 16.1. The van der Waals surface area contributed by atoms with Crippen LogP contribution >= 0.6 is 0 Å². The molecule has 0 saturated heterocycles. The van der Waals surface area contributed by atoms with Gasteiger partial charge in [-0.25, -0.2) is 0 Å². The van der Waals surface area contributed by atoms with Crippen LogP contribution < -0.4 is 5.32 Å². The maximum Gasteiger partial charge on any atom is 0.220 e. The van der Waals surface area contributed by atoms with Crippen LogP contribution in [-0.2, 0) is 4.79 Å². The fourth-order valence-electron chi connectivity index (χ4n) is 2.88. The van der Waals surface area contributed by atoms with E-state index in [1.165, 1.54) is 77.0 Å². The van der Waals surface area contributed by atoms with Crippen molar-refractivity contribution in [2.45, 2.75) is 130 Å². The Hall–Kier alpha value is -0.790. The highest BCUT2D eigenvalue weighted by Gasteiger charge is 2.16. The molecule has 1 N–H and O–H groups in total. The number of hydrogen-bond acceptors (Lipinski definition) is 1. The van der Waals surface area contributed by atoms with Crippen molar-refractivity contribution in [2.75, 3.05) is 0 Å². The largest absolute Gasteiger partial charge is 0.351 e. The monoisotopic (exact) mass is 351 g/mol. The van der Waals surface area contributed by atoms with Crippen molar-refractivity contribution < 1.29 is 4.79 Å². The summed E-state index contributed by atoms with van der Waals surface area (Å²) in [6.07, 6.45) is 23.3. The molecule has 2 nitrogen and oxygen atoms in total. The van der Waals surface area contributed by atoms with Gasteiger partial charge in [0.25, 0.3) is 0 Å². The third-order valence-corrected chi connectivity index (χ3v) is 5.03. The Morgan fingerprint density at radius 1 is 0.760 bits per heavy atom. The molecule has 0 spiro atoms. The predicted molar refractivity (Wildman–Crippen MR) is 112 cm³/mol. The van der Waals surface area contributed by atoms with Crippen LogP contribution in [0.4, 0.5) is 0 Å². The van der Waals surface area contributed by atoms with Crippen LogP contribution in [0.15, 0.2) is 12.2 Å². The molecule has 0 rings (SSSR count). The quantitative estimate of drug-likeness (QED) is 0.216. The first-order valence-electron chi connectivity index (χ1n) is 11.0. The molecule has 148 valence electrons. The fraction of sp³-hybridized carbons (Fsp3) is 0.870. The molecule has 0 aromatic heterocycles. The summed E-state index contributed by atoms with van der Waals surface area (Å²) in [6, 6.07) is 0. The van der Waals surface area contributed by atoms with Gasteiger partial charge in [-0.05, 0) is 52.4 Å². The van der Waals surface area contributed by atoms with Gasteiger partial charge in [-0.3, -0.25) is 4.79 Å². The average molecular weight is 352 g/mol. The molecule has 0 aromatic carbocycles. The summed E-state index contributed by atoms with van der Waals surface area (Å²) in [6.45, 7) is 8.56. The number of allylic oxidation sites excluding steroid dienone is 2. The van der Waals surface area contributed by atoms with Gasteiger partial charge in [0.2, 0.25) is 5.91 Å². The zero-order valence-electron chi connectivity index (χ0n) is 17.7. The van der Waals surface area contributed by atoms with Gasteiger partial charge in [-0.1, -0.05) is 77.4 Å². The van der Waals surface area contributed by atoms with Crippen molar-refractivity contribution >= 4 is 5.91 Å². The molecule has 0 aliphatic heterocycles. The van der Waals surface area contributed by atoms with Crippen LogP contribution in [0.3, 0.4) is 0 Å². The topological polar surface area (TPSA) is 29.1 Å². The lowest BCUT2D eigenvalue weighted by Gasteiger charge is -2.24. The molecule has 0 aliphatic carbocycles. The van der Waals surface area contributed by atoms with Gasteiger partial charge in [0, 0.05) is 12.0 Å². The van der Waals surface area contributed by atoms with Crippen molar-refractivity contribution in [2.24, 2.45) is 0 Å². The Morgan fingerprint density at radius 3 is 1.76 bits per heavy atom. The summed E-state index contributed by atoms with van der Waals surface area (Å²) >= 11 is 0. The highest BCUT2D eigenvalue weighted by Crippen LogP contribution is 2.11. The van der Waals surface area contributed by atoms with Crippen molar-refractivity contribution in [1.82, 2.24) is 5.32 Å². The molecular weight excluding hydrogens is 306 g/mol. The average Bonchev–Trinajstić information content (AvgIpc) is 2.58. The molecule has 2 heteroatoms. The standard InChI is InChI=1S/C23H45NO/c1-5-7-8-9-10-11-12-13-14-15-16-17-18-19-20-21-22(25)24-23(3,4)6-2/h13-14H,5-12,15-21H2,1-4H3,(H,24,25)/b14-13-. The summed E-state index contributed by atoms with van der Waals surface area (Å²) < 4.78 is 0. The molecule has 25 heavy (non-hydrogen) atoms. The lowest BCUT2D eigenvalue weighted by molar-refractivity contribution is -0.122. The van der Waals surface area contributed by atoms with E-state index in [1.54, 1.807) is 0 Å². The van der Waals surface area contributed by atoms with E-state index in [0.29, 0.717) is 6.42 Å². The third-order valence-electron chi connectivity index (χ3n) is 5.03. The van der Waals surface area contributed by atoms with Gasteiger partial charge < -0.3 is 5.32 Å². The van der Waals surface area contributed by atoms with Crippen LogP contribution in [0.25, 0.3) is 0 Å². The smallest absolute Gasteiger partial charge is 0.220 e. The molecule has 0 radical (unpaired) electrons. The van der Waals surface area contributed by atoms with Crippen molar-refractivity contribution in [3.8, 4) is 0 Å². The zero-order valence-corrected chi connectivity index (χ0v) is 17.7. The van der Waals surface area contributed by atoms with E-state index >= 15 is 0 Å². The van der Waals surface area contributed by atoms with Crippen LogP contribution in [0.1, 0.15) is 124 Å². The normalized spacial score (nSPS) is 12.0. The van der Waals surface area contributed by atoms with Crippen molar-refractivity contribution in [1.29, 1.82) is 0 Å². The van der Waals surface area contributed by atoms with Crippen LogP contribution in [-0.4, -0.2) is 11.4 Å². The molecule has 0 fully saturated rings. The Balaban J connectivity index is 3.30. The first-order valence-corrected chi connectivity index (χ1v) is 11.0. The number of nitrogens with one attached hydrogen (secondary N) is 1. The lowest BCUT2D eigenvalue weighted by atomic mass is 10.0. The maximum absolute atomic E-state index is 11.8. The predicted octanol–water partition coefficient (Wildman–Crippen LogP) is 7.33. The third kappa shape index (κ3) is 17.8. The summed E-state index contributed by atoms with van der Waals surface area (Å²) in [5, 5.41) is 3.11. The minimum atomic E-state index is -0.0566. The summed E-state index contributed by atoms with van der Waals surface area (Å²) in [5.41, 5.74) is -0.0566. The summed E-state index contributed by atoms with van der Waals surface area (Å²) in [7, 11) is 0. The van der Waals surface area contributed by atoms with Gasteiger partial charge in [0.05, 0.1) is 0 Å². The number of unbranched alkanes of at least 4 members (excludes halogenated alkanes) is 11. The van der Waals surface area contributed by atoms with Gasteiger partial charge in [-0.2, -0.15) is 0 Å². The van der Waals surface area contributed by atoms with Gasteiger partial charge in [0.1, 0.15) is 0 Å². The van der Waals surface area contributed by atoms with E-state index in [0.717, 1.165) is 12.8 Å². The second kappa shape index (κ2) is 16.7. The molecule has 0 aromatic rings. The van der Waals surface area contributed by atoms with E-state index in [4.69, 9.17) is 0 Å². The number of hydrogen-bond donors (Lipinski definition) is 1. The van der Waals surface area contributed by atoms with Crippen molar-refractivity contribution in [3.63, 3.8) is 0 Å². The molecule has 0 heterocycles. The number of carbonyl (C=O) groups is 1. The molecule has 0 unspecified atom stereocenters. The maximum atomic E-state index is 11.8. The first-order chi connectivity index (χ1) is 12.0. The lowest BCUT2D eigenvalue weighted by Crippen LogP contribution is -2.42. The Kier molecular flexibility index (Phi) is 16.1. The zero-order chi connectivity index (χ0) is 18.8. The molecular formula is C23H45NO. The number of rotatable bonds is 17. The minimum Gasteiger partial charge on any atom is -0.351 e.